The fourth-order valence-electron chi connectivity index (χ4n) is 3.24. The summed E-state index contributed by atoms with van der Waals surface area (Å²) >= 11 is 5.94. The molecule has 0 saturated heterocycles. The van der Waals surface area contributed by atoms with Crippen molar-refractivity contribution in [3.8, 4) is 17.4 Å². The molecule has 1 aromatic heterocycles. The molecular formula is C23H17ClF3N3O5. The Kier molecular flexibility index (Phi) is 6.70. The number of alkyl halides is 3. The summed E-state index contributed by atoms with van der Waals surface area (Å²) < 4.78 is 56.9. The van der Waals surface area contributed by atoms with E-state index in [0.29, 0.717) is 5.75 Å². The van der Waals surface area contributed by atoms with Crippen LogP contribution in [0.15, 0.2) is 54.7 Å². The average Bonchev–Trinajstić information content (AvgIpc) is 3.25. The van der Waals surface area contributed by atoms with Crippen molar-refractivity contribution in [2.75, 3.05) is 12.1 Å². The number of urea groups is 1. The molecule has 3 amide bonds. The maximum absolute atomic E-state index is 13.8. The first kappa shape index (κ1) is 24.1. The van der Waals surface area contributed by atoms with Crippen LogP contribution in [0.25, 0.3) is 0 Å². The molecule has 1 unspecified atom stereocenters. The Labute approximate surface area is 202 Å². The molecule has 4 rings (SSSR count). The Morgan fingerprint density at radius 3 is 2.57 bits per heavy atom. The number of aromatic nitrogens is 1. The predicted molar refractivity (Wildman–Crippen MR) is 119 cm³/mol. The highest BCUT2D eigenvalue weighted by molar-refractivity contribution is 6.34. The van der Waals surface area contributed by atoms with E-state index in [1.807, 2.05) is 0 Å². The SMILES string of the molecule is Cc1cc(NC(=O)NC(=O)c2ccccc2Cl)cnc1OC(c1ccc2c(c1)OCO2)C(F)(F)F. The Balaban J connectivity index is 1.46. The number of imide groups is 1. The molecule has 2 aromatic carbocycles. The van der Waals surface area contributed by atoms with E-state index in [1.165, 1.54) is 43.3 Å². The van der Waals surface area contributed by atoms with Gasteiger partial charge in [0, 0.05) is 11.1 Å². The fourth-order valence-corrected chi connectivity index (χ4v) is 3.47. The minimum atomic E-state index is -4.75. The first-order valence-electron chi connectivity index (χ1n) is 10.1. The number of halogens is 4. The number of nitrogens with one attached hydrogen (secondary N) is 2. The van der Waals surface area contributed by atoms with E-state index in [0.717, 1.165) is 6.20 Å². The van der Waals surface area contributed by atoms with Crippen molar-refractivity contribution in [3.63, 3.8) is 0 Å². The normalized spacial score (nSPS) is 13.2. The van der Waals surface area contributed by atoms with Gasteiger partial charge in [-0.05, 0) is 37.3 Å². The molecule has 2 N–H and O–H groups in total. The number of nitrogens with zero attached hydrogens (tertiary/aromatic N) is 1. The van der Waals surface area contributed by atoms with Gasteiger partial charge in [0.25, 0.3) is 5.91 Å². The van der Waals surface area contributed by atoms with Crippen molar-refractivity contribution in [2.24, 2.45) is 0 Å². The number of benzene rings is 2. The lowest BCUT2D eigenvalue weighted by Gasteiger charge is -2.22. The number of hydrogen-bond donors (Lipinski definition) is 2. The number of anilines is 1. The zero-order valence-corrected chi connectivity index (χ0v) is 18.7. The van der Waals surface area contributed by atoms with Gasteiger partial charge in [0.15, 0.2) is 11.5 Å². The zero-order valence-electron chi connectivity index (χ0n) is 18.0. The van der Waals surface area contributed by atoms with Crippen molar-refractivity contribution in [1.29, 1.82) is 0 Å². The van der Waals surface area contributed by atoms with E-state index in [1.54, 1.807) is 12.1 Å². The minimum absolute atomic E-state index is 0.0803. The smallest absolute Gasteiger partial charge is 0.429 e. The van der Waals surface area contributed by atoms with E-state index in [4.69, 9.17) is 25.8 Å². The second-order valence-corrected chi connectivity index (χ2v) is 7.79. The molecule has 0 aliphatic carbocycles. The van der Waals surface area contributed by atoms with Gasteiger partial charge in [0.1, 0.15) is 0 Å². The van der Waals surface area contributed by atoms with Crippen molar-refractivity contribution < 1.29 is 37.0 Å². The lowest BCUT2D eigenvalue weighted by molar-refractivity contribution is -0.198. The molecule has 1 aliphatic heterocycles. The summed E-state index contributed by atoms with van der Waals surface area (Å²) in [6.07, 6.45) is -5.97. The largest absolute Gasteiger partial charge is 0.460 e. The second kappa shape index (κ2) is 9.71. The van der Waals surface area contributed by atoms with E-state index in [9.17, 15) is 22.8 Å². The third-order valence-corrected chi connectivity index (χ3v) is 5.19. The molecule has 0 saturated carbocycles. The third kappa shape index (κ3) is 5.57. The Morgan fingerprint density at radius 1 is 1.11 bits per heavy atom. The number of pyridine rings is 1. The number of aryl methyl sites for hydroxylation is 1. The lowest BCUT2D eigenvalue weighted by Crippen LogP contribution is -2.34. The lowest BCUT2D eigenvalue weighted by atomic mass is 10.1. The number of carbonyl (C=O) groups excluding carboxylic acids is 2. The first-order valence-corrected chi connectivity index (χ1v) is 10.5. The Bertz CT molecular complexity index is 1290. The van der Waals surface area contributed by atoms with Crippen LogP contribution in [0.4, 0.5) is 23.7 Å². The van der Waals surface area contributed by atoms with Crippen LogP contribution in [0.2, 0.25) is 5.02 Å². The van der Waals surface area contributed by atoms with Gasteiger partial charge in [-0.15, -0.1) is 0 Å². The summed E-state index contributed by atoms with van der Waals surface area (Å²) in [5.41, 5.74) is 0.257. The van der Waals surface area contributed by atoms with E-state index in [-0.39, 0.29) is 45.8 Å². The highest BCUT2D eigenvalue weighted by Crippen LogP contribution is 2.41. The maximum atomic E-state index is 13.8. The summed E-state index contributed by atoms with van der Waals surface area (Å²) in [4.78, 5) is 28.3. The number of amides is 3. The molecule has 2 heterocycles. The van der Waals surface area contributed by atoms with Crippen LogP contribution < -0.4 is 24.8 Å². The van der Waals surface area contributed by atoms with Gasteiger partial charge < -0.3 is 19.5 Å². The topological polar surface area (TPSA) is 98.8 Å². The van der Waals surface area contributed by atoms with Crippen LogP contribution in [0.3, 0.4) is 0 Å². The van der Waals surface area contributed by atoms with Crippen molar-refractivity contribution >= 4 is 29.2 Å². The van der Waals surface area contributed by atoms with Gasteiger partial charge in [0.05, 0.1) is 22.5 Å². The number of hydrogen-bond acceptors (Lipinski definition) is 6. The van der Waals surface area contributed by atoms with Gasteiger partial charge in [-0.2, -0.15) is 13.2 Å². The number of carbonyl (C=O) groups is 2. The van der Waals surface area contributed by atoms with Gasteiger partial charge in [-0.3, -0.25) is 10.1 Å². The van der Waals surface area contributed by atoms with Gasteiger partial charge in [-0.25, -0.2) is 9.78 Å². The first-order chi connectivity index (χ1) is 16.6. The molecule has 3 aromatic rings. The standard InChI is InChI=1S/C23H17ClF3N3O5/c1-12-8-14(29-22(32)30-20(31)15-4-2-3-5-16(15)24)10-28-21(12)35-19(23(25,26)27)13-6-7-17-18(9-13)34-11-33-17/h2-10,19H,11H2,1H3,(H2,29,30,31,32). The second-order valence-electron chi connectivity index (χ2n) is 7.39. The maximum Gasteiger partial charge on any atom is 0.429 e. The number of rotatable bonds is 5. The number of ether oxygens (including phenoxy) is 3. The summed E-state index contributed by atoms with van der Waals surface area (Å²) in [5, 5.41) is 4.66. The minimum Gasteiger partial charge on any atom is -0.460 e. The third-order valence-electron chi connectivity index (χ3n) is 4.86. The predicted octanol–water partition coefficient (Wildman–Crippen LogP) is 5.42. The molecule has 0 spiro atoms. The van der Waals surface area contributed by atoms with Crippen LogP contribution in [0.1, 0.15) is 27.6 Å². The molecule has 1 aliphatic rings. The van der Waals surface area contributed by atoms with Gasteiger partial charge in [-0.1, -0.05) is 29.8 Å². The van der Waals surface area contributed by atoms with Crippen LogP contribution in [-0.4, -0.2) is 29.9 Å². The van der Waals surface area contributed by atoms with Crippen molar-refractivity contribution in [3.05, 3.63) is 76.4 Å². The molecule has 0 radical (unpaired) electrons. The summed E-state index contributed by atoms with van der Waals surface area (Å²) in [5.74, 6) is -0.495. The highest BCUT2D eigenvalue weighted by Gasteiger charge is 2.44. The fraction of sp³-hybridized carbons (Fsp3) is 0.174. The quantitative estimate of drug-likeness (QED) is 0.479. The van der Waals surface area contributed by atoms with Crippen LogP contribution >= 0.6 is 11.6 Å². The van der Waals surface area contributed by atoms with Gasteiger partial charge >= 0.3 is 12.2 Å². The van der Waals surface area contributed by atoms with Gasteiger partial charge in [0.2, 0.25) is 18.8 Å². The average molecular weight is 508 g/mol. The highest BCUT2D eigenvalue weighted by atomic mass is 35.5. The van der Waals surface area contributed by atoms with Crippen molar-refractivity contribution in [1.82, 2.24) is 10.3 Å². The van der Waals surface area contributed by atoms with Crippen LogP contribution in [0.5, 0.6) is 17.4 Å². The summed E-state index contributed by atoms with van der Waals surface area (Å²) in [7, 11) is 0. The molecule has 0 fully saturated rings. The molecule has 12 heteroatoms. The Morgan fingerprint density at radius 2 is 1.86 bits per heavy atom. The molecule has 1 atom stereocenters. The number of fused-ring (bicyclic) bond motifs is 1. The van der Waals surface area contributed by atoms with Crippen molar-refractivity contribution in [2.45, 2.75) is 19.2 Å². The molecule has 35 heavy (non-hydrogen) atoms. The summed E-state index contributed by atoms with van der Waals surface area (Å²) in [6, 6.07) is 10.4. The monoisotopic (exact) mass is 507 g/mol. The van der Waals surface area contributed by atoms with E-state index >= 15 is 0 Å². The molecule has 182 valence electrons. The molecule has 0 bridgehead atoms. The van der Waals surface area contributed by atoms with Crippen LogP contribution in [0, 0.1) is 6.92 Å². The zero-order chi connectivity index (χ0) is 25.2. The van der Waals surface area contributed by atoms with Crippen LogP contribution in [-0.2, 0) is 0 Å². The van der Waals surface area contributed by atoms with E-state index < -0.39 is 24.2 Å². The molecular weight excluding hydrogens is 491 g/mol. The Hall–Kier alpha value is -3.99. The summed E-state index contributed by atoms with van der Waals surface area (Å²) in [6.45, 7) is 1.39. The molecule has 8 nitrogen and oxygen atoms in total. The van der Waals surface area contributed by atoms with E-state index in [2.05, 4.69) is 15.6 Å².